The normalized spacial score (nSPS) is 35.7. The van der Waals surface area contributed by atoms with Crippen molar-refractivity contribution in [1.29, 1.82) is 0 Å². The maximum atomic E-state index is 12.7. The lowest BCUT2D eigenvalue weighted by atomic mass is 9.86. The molecule has 1 aliphatic carbocycles. The van der Waals surface area contributed by atoms with Crippen molar-refractivity contribution in [2.45, 2.75) is 51.9 Å². The van der Waals surface area contributed by atoms with E-state index in [1.54, 1.807) is 0 Å². The molecule has 4 fully saturated rings. The molecule has 4 aliphatic rings. The molecule has 0 radical (unpaired) electrons. The van der Waals surface area contributed by atoms with Crippen molar-refractivity contribution in [2.75, 3.05) is 45.8 Å². The topological polar surface area (TPSA) is 35.6 Å². The second-order valence-corrected chi connectivity index (χ2v) is 9.02. The van der Waals surface area contributed by atoms with E-state index in [0.29, 0.717) is 22.7 Å². The second kappa shape index (κ2) is 7.13. The van der Waals surface area contributed by atoms with Gasteiger partial charge in [-0.25, -0.2) is 0 Å². The SMILES string of the molecule is CC1(CN2CCC3(CC2)CC3C(=O)N2CCCCC2)CCNC1.Cl. The molecule has 1 amide bonds. The molecule has 0 aromatic rings. The Bertz CT molecular complexity index is 450. The van der Waals surface area contributed by atoms with Crippen LogP contribution in [0.5, 0.6) is 0 Å². The van der Waals surface area contributed by atoms with E-state index in [2.05, 4.69) is 22.0 Å². The lowest BCUT2D eigenvalue weighted by Crippen LogP contribution is -2.44. The average Bonchev–Trinajstić information content (AvgIpc) is 3.11. The monoisotopic (exact) mass is 355 g/mol. The maximum Gasteiger partial charge on any atom is 0.226 e. The number of amides is 1. The highest BCUT2D eigenvalue weighted by molar-refractivity contribution is 5.85. The van der Waals surface area contributed by atoms with Crippen molar-refractivity contribution in [1.82, 2.24) is 15.1 Å². The van der Waals surface area contributed by atoms with E-state index in [1.165, 1.54) is 77.7 Å². The van der Waals surface area contributed by atoms with E-state index in [0.717, 1.165) is 13.1 Å². The van der Waals surface area contributed by atoms with Crippen LogP contribution in [0.1, 0.15) is 51.9 Å². The number of likely N-dealkylation sites (tertiary alicyclic amines) is 2. The summed E-state index contributed by atoms with van der Waals surface area (Å²) < 4.78 is 0. The fourth-order valence-corrected chi connectivity index (χ4v) is 5.28. The maximum absolute atomic E-state index is 12.7. The Labute approximate surface area is 153 Å². The summed E-state index contributed by atoms with van der Waals surface area (Å²) in [6, 6.07) is 0. The molecule has 2 unspecified atom stereocenters. The van der Waals surface area contributed by atoms with Crippen LogP contribution in [0, 0.1) is 16.7 Å². The van der Waals surface area contributed by atoms with E-state index in [-0.39, 0.29) is 12.4 Å². The van der Waals surface area contributed by atoms with Crippen molar-refractivity contribution >= 4 is 18.3 Å². The van der Waals surface area contributed by atoms with Crippen LogP contribution in [0.4, 0.5) is 0 Å². The summed E-state index contributed by atoms with van der Waals surface area (Å²) >= 11 is 0. The summed E-state index contributed by atoms with van der Waals surface area (Å²) in [6.07, 6.45) is 8.72. The standard InChI is InChI=1S/C19H33N3O.ClH/c1-18(5-8-20-14-18)15-21-11-6-19(7-12-21)13-16(19)17(23)22-9-3-2-4-10-22;/h16,20H,2-15H2,1H3;1H. The Balaban J connectivity index is 0.00000169. The number of piperidine rings is 2. The zero-order valence-corrected chi connectivity index (χ0v) is 16.0. The molecule has 0 aromatic heterocycles. The molecule has 1 spiro atoms. The van der Waals surface area contributed by atoms with Gasteiger partial charge in [0.1, 0.15) is 0 Å². The van der Waals surface area contributed by atoms with Crippen LogP contribution in [-0.4, -0.2) is 61.5 Å². The number of hydrogen-bond acceptors (Lipinski definition) is 3. The Morgan fingerprint density at radius 1 is 1.08 bits per heavy atom. The molecule has 1 saturated carbocycles. The molecule has 3 aliphatic heterocycles. The zero-order chi connectivity index (χ0) is 15.9. The molecule has 0 bridgehead atoms. The third-order valence-corrected chi connectivity index (χ3v) is 7.07. The van der Waals surface area contributed by atoms with Crippen molar-refractivity contribution in [3.8, 4) is 0 Å². The fraction of sp³-hybridized carbons (Fsp3) is 0.947. The van der Waals surface area contributed by atoms with Gasteiger partial charge in [-0.05, 0) is 75.4 Å². The largest absolute Gasteiger partial charge is 0.342 e. The highest BCUT2D eigenvalue weighted by atomic mass is 35.5. The van der Waals surface area contributed by atoms with E-state index < -0.39 is 0 Å². The number of rotatable bonds is 3. The number of nitrogens with one attached hydrogen (secondary N) is 1. The third kappa shape index (κ3) is 3.61. The number of carbonyl (C=O) groups is 1. The average molecular weight is 356 g/mol. The lowest BCUT2D eigenvalue weighted by molar-refractivity contribution is -0.134. The molecular formula is C19H34ClN3O. The van der Waals surface area contributed by atoms with Crippen molar-refractivity contribution in [3.05, 3.63) is 0 Å². The smallest absolute Gasteiger partial charge is 0.226 e. The van der Waals surface area contributed by atoms with Gasteiger partial charge in [-0.3, -0.25) is 4.79 Å². The minimum atomic E-state index is 0. The molecule has 138 valence electrons. The van der Waals surface area contributed by atoms with E-state index in [4.69, 9.17) is 0 Å². The molecule has 5 heteroatoms. The minimum absolute atomic E-state index is 0. The molecule has 24 heavy (non-hydrogen) atoms. The number of hydrogen-bond donors (Lipinski definition) is 1. The Morgan fingerprint density at radius 2 is 1.79 bits per heavy atom. The molecule has 1 N–H and O–H groups in total. The summed E-state index contributed by atoms with van der Waals surface area (Å²) in [5.41, 5.74) is 0.858. The van der Waals surface area contributed by atoms with Crippen LogP contribution >= 0.6 is 12.4 Å². The highest BCUT2D eigenvalue weighted by Crippen LogP contribution is 2.60. The first kappa shape index (κ1) is 18.5. The molecule has 4 nitrogen and oxygen atoms in total. The summed E-state index contributed by atoms with van der Waals surface area (Å²) in [4.78, 5) is 17.6. The quantitative estimate of drug-likeness (QED) is 0.845. The fourth-order valence-electron chi connectivity index (χ4n) is 5.28. The number of nitrogens with zero attached hydrogens (tertiary/aromatic N) is 2. The van der Waals surface area contributed by atoms with Crippen LogP contribution in [0.2, 0.25) is 0 Å². The van der Waals surface area contributed by atoms with E-state index >= 15 is 0 Å². The van der Waals surface area contributed by atoms with E-state index in [9.17, 15) is 4.79 Å². The van der Waals surface area contributed by atoms with Gasteiger partial charge in [0.25, 0.3) is 0 Å². The van der Waals surface area contributed by atoms with Gasteiger partial charge < -0.3 is 15.1 Å². The molecular weight excluding hydrogens is 322 g/mol. The van der Waals surface area contributed by atoms with Gasteiger partial charge in [-0.2, -0.15) is 0 Å². The van der Waals surface area contributed by atoms with Crippen LogP contribution < -0.4 is 5.32 Å². The van der Waals surface area contributed by atoms with Gasteiger partial charge in [0.2, 0.25) is 5.91 Å². The van der Waals surface area contributed by atoms with Gasteiger partial charge >= 0.3 is 0 Å². The minimum Gasteiger partial charge on any atom is -0.342 e. The highest BCUT2D eigenvalue weighted by Gasteiger charge is 2.59. The van der Waals surface area contributed by atoms with Crippen molar-refractivity contribution < 1.29 is 4.79 Å². The van der Waals surface area contributed by atoms with Crippen LogP contribution in [0.3, 0.4) is 0 Å². The summed E-state index contributed by atoms with van der Waals surface area (Å²) in [5, 5.41) is 3.51. The first-order valence-corrected chi connectivity index (χ1v) is 9.82. The summed E-state index contributed by atoms with van der Waals surface area (Å²) in [7, 11) is 0. The molecule has 3 saturated heterocycles. The van der Waals surface area contributed by atoms with Crippen LogP contribution in [-0.2, 0) is 4.79 Å². The number of halogens is 1. The van der Waals surface area contributed by atoms with Crippen molar-refractivity contribution in [3.63, 3.8) is 0 Å². The molecule has 4 rings (SSSR count). The Kier molecular flexibility index (Phi) is 5.48. The van der Waals surface area contributed by atoms with Gasteiger partial charge in [-0.15, -0.1) is 12.4 Å². The van der Waals surface area contributed by atoms with E-state index in [1.807, 2.05) is 0 Å². The predicted octanol–water partition coefficient (Wildman–Crippen LogP) is 2.52. The van der Waals surface area contributed by atoms with Gasteiger partial charge in [0, 0.05) is 32.1 Å². The molecule has 3 heterocycles. The summed E-state index contributed by atoms with van der Waals surface area (Å²) in [5.74, 6) is 0.858. The molecule has 0 aromatic carbocycles. The first-order chi connectivity index (χ1) is 11.1. The Morgan fingerprint density at radius 3 is 2.42 bits per heavy atom. The zero-order valence-electron chi connectivity index (χ0n) is 15.2. The van der Waals surface area contributed by atoms with Gasteiger partial charge in [0.05, 0.1) is 0 Å². The van der Waals surface area contributed by atoms with Gasteiger partial charge in [0.15, 0.2) is 0 Å². The van der Waals surface area contributed by atoms with Crippen LogP contribution in [0.25, 0.3) is 0 Å². The number of carbonyl (C=O) groups excluding carboxylic acids is 1. The third-order valence-electron chi connectivity index (χ3n) is 7.07. The second-order valence-electron chi connectivity index (χ2n) is 9.02. The molecule has 2 atom stereocenters. The lowest BCUT2D eigenvalue weighted by Gasteiger charge is -2.38. The van der Waals surface area contributed by atoms with Gasteiger partial charge in [-0.1, -0.05) is 6.92 Å². The first-order valence-electron chi connectivity index (χ1n) is 9.82. The summed E-state index contributed by atoms with van der Waals surface area (Å²) in [6.45, 7) is 10.5. The van der Waals surface area contributed by atoms with Crippen molar-refractivity contribution in [2.24, 2.45) is 16.7 Å². The van der Waals surface area contributed by atoms with Crippen LogP contribution in [0.15, 0.2) is 0 Å². The predicted molar refractivity (Wildman–Crippen MR) is 99.5 cm³/mol. The Hall–Kier alpha value is -0.320.